The van der Waals surface area contributed by atoms with E-state index in [9.17, 15) is 17.6 Å². The first-order valence-electron chi connectivity index (χ1n) is 7.43. The lowest BCUT2D eigenvalue weighted by atomic mass is 9.79. The Morgan fingerprint density at radius 1 is 1.09 bits per heavy atom. The summed E-state index contributed by atoms with van der Waals surface area (Å²) in [6.07, 6.45) is -4.70. The Bertz CT molecular complexity index is 520. The van der Waals surface area contributed by atoms with Gasteiger partial charge in [0, 0.05) is 32.2 Å². The Balaban J connectivity index is 0.00000264. The molecule has 0 unspecified atom stereocenters. The van der Waals surface area contributed by atoms with Crippen molar-refractivity contribution >= 4 is 12.4 Å². The number of halogens is 5. The third-order valence-corrected chi connectivity index (χ3v) is 3.96. The van der Waals surface area contributed by atoms with Crippen LogP contribution < -0.4 is 5.32 Å². The molecule has 1 N–H and O–H groups in total. The van der Waals surface area contributed by atoms with Crippen LogP contribution in [0.2, 0.25) is 0 Å². The van der Waals surface area contributed by atoms with E-state index in [1.165, 1.54) is 12.1 Å². The minimum atomic E-state index is -4.70. The third-order valence-electron chi connectivity index (χ3n) is 3.96. The van der Waals surface area contributed by atoms with Crippen LogP contribution in [0.3, 0.4) is 0 Å². The molecule has 132 valence electrons. The number of nitrogens with one attached hydrogen (secondary N) is 1. The SMILES string of the molecule is CC(C)(C)[C@@H](c1cccc(F)c1C(F)(F)F)N1CCNCC1.Cl. The first kappa shape index (κ1) is 20.2. The molecule has 0 bridgehead atoms. The zero-order chi connectivity index (χ0) is 16.5. The van der Waals surface area contributed by atoms with Crippen LogP contribution in [0.4, 0.5) is 17.6 Å². The summed E-state index contributed by atoms with van der Waals surface area (Å²) in [5.74, 6) is -1.20. The van der Waals surface area contributed by atoms with Gasteiger partial charge in [-0.3, -0.25) is 4.90 Å². The van der Waals surface area contributed by atoms with E-state index in [4.69, 9.17) is 0 Å². The first-order chi connectivity index (χ1) is 10.1. The van der Waals surface area contributed by atoms with Crippen molar-refractivity contribution in [3.63, 3.8) is 0 Å². The number of hydrogen-bond acceptors (Lipinski definition) is 2. The van der Waals surface area contributed by atoms with Gasteiger partial charge in [-0.25, -0.2) is 4.39 Å². The topological polar surface area (TPSA) is 15.3 Å². The van der Waals surface area contributed by atoms with E-state index < -0.39 is 29.0 Å². The minimum absolute atomic E-state index is 0. The molecule has 1 fully saturated rings. The van der Waals surface area contributed by atoms with E-state index in [1.54, 1.807) is 0 Å². The largest absolute Gasteiger partial charge is 0.419 e. The molecule has 1 aromatic rings. The molecule has 1 heterocycles. The van der Waals surface area contributed by atoms with Gasteiger partial charge in [0.2, 0.25) is 0 Å². The van der Waals surface area contributed by atoms with Crippen LogP contribution in [-0.2, 0) is 6.18 Å². The molecule has 1 aliphatic rings. The van der Waals surface area contributed by atoms with Crippen molar-refractivity contribution in [1.29, 1.82) is 0 Å². The summed E-state index contributed by atoms with van der Waals surface area (Å²) in [5.41, 5.74) is -1.54. The second-order valence-corrected chi connectivity index (χ2v) is 6.76. The third kappa shape index (κ3) is 4.58. The van der Waals surface area contributed by atoms with Gasteiger partial charge in [-0.1, -0.05) is 32.9 Å². The van der Waals surface area contributed by atoms with E-state index in [2.05, 4.69) is 5.32 Å². The number of benzene rings is 1. The van der Waals surface area contributed by atoms with Gasteiger partial charge in [0.15, 0.2) is 0 Å². The van der Waals surface area contributed by atoms with Crippen molar-refractivity contribution in [1.82, 2.24) is 10.2 Å². The Morgan fingerprint density at radius 2 is 1.65 bits per heavy atom. The van der Waals surface area contributed by atoms with Gasteiger partial charge in [-0.15, -0.1) is 12.4 Å². The van der Waals surface area contributed by atoms with E-state index >= 15 is 0 Å². The molecule has 1 saturated heterocycles. The van der Waals surface area contributed by atoms with E-state index in [1.807, 2.05) is 25.7 Å². The average molecular weight is 355 g/mol. The molecule has 1 atom stereocenters. The van der Waals surface area contributed by atoms with Crippen molar-refractivity contribution in [2.45, 2.75) is 33.0 Å². The Labute approximate surface area is 140 Å². The lowest BCUT2D eigenvalue weighted by Gasteiger charge is -2.43. The molecule has 0 aliphatic carbocycles. The predicted molar refractivity (Wildman–Crippen MR) is 85.3 cm³/mol. The number of hydrogen-bond donors (Lipinski definition) is 1. The van der Waals surface area contributed by atoms with Crippen LogP contribution in [0.15, 0.2) is 18.2 Å². The van der Waals surface area contributed by atoms with Gasteiger partial charge in [0.05, 0.1) is 5.56 Å². The van der Waals surface area contributed by atoms with Crippen LogP contribution in [-0.4, -0.2) is 31.1 Å². The Morgan fingerprint density at radius 3 is 2.13 bits per heavy atom. The van der Waals surface area contributed by atoms with Crippen molar-refractivity contribution in [3.8, 4) is 0 Å². The molecule has 2 nitrogen and oxygen atoms in total. The monoisotopic (exact) mass is 354 g/mol. The van der Waals surface area contributed by atoms with Crippen LogP contribution in [0.1, 0.15) is 37.9 Å². The van der Waals surface area contributed by atoms with Crippen LogP contribution in [0.25, 0.3) is 0 Å². The van der Waals surface area contributed by atoms with Gasteiger partial charge < -0.3 is 5.32 Å². The summed E-state index contributed by atoms with van der Waals surface area (Å²) in [6, 6.07) is 3.16. The highest BCUT2D eigenvalue weighted by molar-refractivity contribution is 5.85. The number of rotatable bonds is 2. The number of nitrogens with zero attached hydrogens (tertiary/aromatic N) is 1. The second-order valence-electron chi connectivity index (χ2n) is 6.76. The molecular weight excluding hydrogens is 332 g/mol. The molecular formula is C16H23ClF4N2. The normalized spacial score (nSPS) is 18.4. The predicted octanol–water partition coefficient (Wildman–Crippen LogP) is 4.26. The maximum Gasteiger partial charge on any atom is 0.419 e. The van der Waals surface area contributed by atoms with Crippen molar-refractivity contribution in [2.24, 2.45) is 5.41 Å². The smallest absolute Gasteiger partial charge is 0.314 e. The van der Waals surface area contributed by atoms with Crippen molar-refractivity contribution in [3.05, 3.63) is 35.1 Å². The Kier molecular flexibility index (Phi) is 6.47. The first-order valence-corrected chi connectivity index (χ1v) is 7.43. The average Bonchev–Trinajstić information content (AvgIpc) is 2.37. The highest BCUT2D eigenvalue weighted by atomic mass is 35.5. The zero-order valence-corrected chi connectivity index (χ0v) is 14.3. The van der Waals surface area contributed by atoms with Crippen molar-refractivity contribution in [2.75, 3.05) is 26.2 Å². The molecule has 2 rings (SSSR count). The quantitative estimate of drug-likeness (QED) is 0.798. The summed E-state index contributed by atoms with van der Waals surface area (Å²) >= 11 is 0. The van der Waals surface area contributed by atoms with Gasteiger partial charge >= 0.3 is 6.18 Å². The summed E-state index contributed by atoms with van der Waals surface area (Å²) in [4.78, 5) is 2.01. The lowest BCUT2D eigenvalue weighted by Crippen LogP contribution is -2.48. The molecule has 0 radical (unpaired) electrons. The standard InChI is InChI=1S/C16H22F4N2.ClH/c1-15(2,3)14(22-9-7-21-8-10-22)11-5-4-6-12(17)13(11)16(18,19)20;/h4-6,14,21H,7-10H2,1-3H3;1H/t14-;/m1./s1. The molecule has 0 saturated carbocycles. The minimum Gasteiger partial charge on any atom is -0.314 e. The van der Waals surface area contributed by atoms with Gasteiger partial charge in [0.25, 0.3) is 0 Å². The molecule has 1 aromatic carbocycles. The van der Waals surface area contributed by atoms with Crippen molar-refractivity contribution < 1.29 is 17.6 Å². The van der Waals surface area contributed by atoms with Crippen LogP contribution >= 0.6 is 12.4 Å². The number of piperazine rings is 1. The van der Waals surface area contributed by atoms with Gasteiger partial charge in [-0.05, 0) is 17.0 Å². The summed E-state index contributed by atoms with van der Waals surface area (Å²) in [7, 11) is 0. The summed E-state index contributed by atoms with van der Waals surface area (Å²) < 4.78 is 54.0. The maximum absolute atomic E-state index is 13.9. The fourth-order valence-electron chi connectivity index (χ4n) is 3.22. The van der Waals surface area contributed by atoms with Gasteiger partial charge in [-0.2, -0.15) is 13.2 Å². The van der Waals surface area contributed by atoms with Crippen LogP contribution in [0, 0.1) is 11.2 Å². The highest BCUT2D eigenvalue weighted by Crippen LogP contribution is 2.44. The molecule has 0 amide bonds. The maximum atomic E-state index is 13.9. The Hall–Kier alpha value is -0.850. The van der Waals surface area contributed by atoms with E-state index in [0.29, 0.717) is 13.1 Å². The fourth-order valence-corrected chi connectivity index (χ4v) is 3.22. The number of alkyl halides is 3. The molecule has 23 heavy (non-hydrogen) atoms. The molecule has 1 aliphatic heterocycles. The van der Waals surface area contributed by atoms with E-state index in [0.717, 1.165) is 19.2 Å². The zero-order valence-electron chi connectivity index (χ0n) is 13.5. The molecule has 0 aromatic heterocycles. The molecule has 0 spiro atoms. The fraction of sp³-hybridized carbons (Fsp3) is 0.625. The second kappa shape index (κ2) is 7.36. The summed E-state index contributed by atoms with van der Waals surface area (Å²) in [6.45, 7) is 8.43. The highest BCUT2D eigenvalue weighted by Gasteiger charge is 2.42. The van der Waals surface area contributed by atoms with Gasteiger partial charge in [0.1, 0.15) is 5.82 Å². The lowest BCUT2D eigenvalue weighted by molar-refractivity contribution is -0.141. The molecule has 7 heteroatoms. The van der Waals surface area contributed by atoms with E-state index in [-0.39, 0.29) is 18.0 Å². The summed E-state index contributed by atoms with van der Waals surface area (Å²) in [5, 5.41) is 3.19. The van der Waals surface area contributed by atoms with Crippen LogP contribution in [0.5, 0.6) is 0 Å².